The third kappa shape index (κ3) is 1.87. The van der Waals surface area contributed by atoms with Gasteiger partial charge in [0.15, 0.2) is 0 Å². The molecule has 0 spiro atoms. The number of amides is 2. The van der Waals surface area contributed by atoms with Crippen LogP contribution in [0.15, 0.2) is 36.9 Å². The molecule has 0 unspecified atom stereocenters. The molecule has 0 aliphatic carbocycles. The highest BCUT2D eigenvalue weighted by atomic mass is 16.2. The first kappa shape index (κ1) is 15.0. The van der Waals surface area contributed by atoms with Crippen molar-refractivity contribution in [3.05, 3.63) is 48.2 Å². The van der Waals surface area contributed by atoms with Crippen LogP contribution in [0.4, 0.5) is 0 Å². The fourth-order valence-electron chi connectivity index (χ4n) is 4.25. The number of hydrogen-bond acceptors (Lipinski definition) is 2. The second kappa shape index (κ2) is 4.97. The smallest absolute Gasteiger partial charge is 0.246 e. The lowest BCUT2D eigenvalue weighted by atomic mass is 9.82. The molecule has 1 fully saturated rings. The molecule has 2 aromatic rings. The van der Waals surface area contributed by atoms with Gasteiger partial charge in [-0.1, -0.05) is 24.3 Å². The molecule has 2 aliphatic heterocycles. The average molecular weight is 323 g/mol. The van der Waals surface area contributed by atoms with Gasteiger partial charge in [0.1, 0.15) is 12.6 Å². The summed E-state index contributed by atoms with van der Waals surface area (Å²) in [5, 5.41) is 1.14. The second-order valence-corrected chi connectivity index (χ2v) is 7.07. The summed E-state index contributed by atoms with van der Waals surface area (Å²) < 4.78 is 0. The van der Waals surface area contributed by atoms with Crippen LogP contribution < -0.4 is 0 Å². The highest BCUT2D eigenvalue weighted by Gasteiger charge is 2.51. The van der Waals surface area contributed by atoms with Crippen LogP contribution in [-0.4, -0.2) is 45.7 Å². The molecule has 1 atom stereocenters. The van der Waals surface area contributed by atoms with E-state index < -0.39 is 11.6 Å². The van der Waals surface area contributed by atoms with E-state index in [2.05, 4.69) is 17.6 Å². The summed E-state index contributed by atoms with van der Waals surface area (Å²) >= 11 is 0. The van der Waals surface area contributed by atoms with Crippen LogP contribution in [0, 0.1) is 0 Å². The molecule has 24 heavy (non-hydrogen) atoms. The zero-order valence-corrected chi connectivity index (χ0v) is 14.0. The monoisotopic (exact) mass is 323 g/mol. The number of nitrogens with zero attached hydrogens (tertiary/aromatic N) is 2. The number of nitrogens with one attached hydrogen (secondary N) is 1. The molecule has 1 aromatic carbocycles. The van der Waals surface area contributed by atoms with Gasteiger partial charge in [0.2, 0.25) is 11.8 Å². The highest BCUT2D eigenvalue weighted by molar-refractivity contribution is 5.97. The van der Waals surface area contributed by atoms with E-state index in [9.17, 15) is 9.59 Å². The first-order chi connectivity index (χ1) is 11.4. The van der Waals surface area contributed by atoms with Crippen LogP contribution in [0.3, 0.4) is 0 Å². The summed E-state index contributed by atoms with van der Waals surface area (Å²) in [6.45, 7) is 8.26. The van der Waals surface area contributed by atoms with E-state index in [1.165, 1.54) is 0 Å². The average Bonchev–Trinajstić information content (AvgIpc) is 2.92. The minimum atomic E-state index is -0.537. The molecule has 1 saturated heterocycles. The van der Waals surface area contributed by atoms with E-state index in [0.29, 0.717) is 13.0 Å². The number of para-hydroxylation sites is 1. The fraction of sp³-hybridized carbons (Fsp3) is 0.368. The zero-order valence-electron chi connectivity index (χ0n) is 14.0. The lowest BCUT2D eigenvalue weighted by Crippen LogP contribution is -2.67. The summed E-state index contributed by atoms with van der Waals surface area (Å²) in [5.41, 5.74) is 2.71. The molecular weight excluding hydrogens is 302 g/mol. The Labute approximate surface area is 140 Å². The van der Waals surface area contributed by atoms with Gasteiger partial charge in [-0.3, -0.25) is 9.59 Å². The summed E-state index contributed by atoms with van der Waals surface area (Å²) in [5.74, 6) is 0.00858. The number of H-pyrrole nitrogens is 1. The Hall–Kier alpha value is -2.56. The minimum absolute atomic E-state index is 0.00393. The molecule has 2 amide bonds. The van der Waals surface area contributed by atoms with Crippen molar-refractivity contribution in [3.8, 4) is 0 Å². The quantitative estimate of drug-likeness (QED) is 0.861. The molecule has 2 aliphatic rings. The standard InChI is InChI=1S/C19H21N3O2/c1-4-9-21-11-16(23)22-15(18(21)24)10-13-12-7-5-6-8-14(12)20-17(13)19(22,2)3/h4-8,15,20H,1,9-11H2,2-3H3/t15-/m0/s1. The van der Waals surface area contributed by atoms with Gasteiger partial charge in [-0.15, -0.1) is 6.58 Å². The Kier molecular flexibility index (Phi) is 3.10. The van der Waals surface area contributed by atoms with Gasteiger partial charge in [0.25, 0.3) is 0 Å². The second-order valence-electron chi connectivity index (χ2n) is 7.07. The van der Waals surface area contributed by atoms with Crippen molar-refractivity contribution in [3.63, 3.8) is 0 Å². The first-order valence-corrected chi connectivity index (χ1v) is 8.27. The Morgan fingerprint density at radius 1 is 1.33 bits per heavy atom. The Bertz CT molecular complexity index is 865. The van der Waals surface area contributed by atoms with Crippen molar-refractivity contribution in [2.75, 3.05) is 13.1 Å². The molecule has 4 rings (SSSR count). The predicted octanol–water partition coefficient (Wildman–Crippen LogP) is 2.18. The number of fused-ring (bicyclic) bond motifs is 4. The van der Waals surface area contributed by atoms with Gasteiger partial charge < -0.3 is 14.8 Å². The third-order valence-corrected chi connectivity index (χ3v) is 5.28. The molecule has 5 heteroatoms. The molecule has 1 N–H and O–H groups in total. The van der Waals surface area contributed by atoms with Gasteiger partial charge in [-0.25, -0.2) is 0 Å². The Morgan fingerprint density at radius 3 is 2.83 bits per heavy atom. The molecule has 5 nitrogen and oxygen atoms in total. The number of carbonyl (C=O) groups is 2. The van der Waals surface area contributed by atoms with Crippen molar-refractivity contribution < 1.29 is 9.59 Å². The van der Waals surface area contributed by atoms with Gasteiger partial charge in [-0.2, -0.15) is 0 Å². The molecule has 1 aromatic heterocycles. The fourth-order valence-corrected chi connectivity index (χ4v) is 4.25. The van der Waals surface area contributed by atoms with E-state index in [1.54, 1.807) is 15.9 Å². The number of benzene rings is 1. The number of rotatable bonds is 2. The maximum Gasteiger partial charge on any atom is 0.246 e. The van der Waals surface area contributed by atoms with Crippen LogP contribution in [0.2, 0.25) is 0 Å². The van der Waals surface area contributed by atoms with E-state index in [4.69, 9.17) is 0 Å². The largest absolute Gasteiger partial charge is 0.356 e. The topological polar surface area (TPSA) is 56.4 Å². The lowest BCUT2D eigenvalue weighted by Gasteiger charge is -2.51. The first-order valence-electron chi connectivity index (χ1n) is 8.27. The predicted molar refractivity (Wildman–Crippen MR) is 92.4 cm³/mol. The summed E-state index contributed by atoms with van der Waals surface area (Å²) in [6, 6.07) is 7.68. The molecule has 0 radical (unpaired) electrons. The summed E-state index contributed by atoms with van der Waals surface area (Å²) in [4.78, 5) is 32.6. The molecule has 0 bridgehead atoms. The van der Waals surface area contributed by atoms with E-state index in [0.717, 1.165) is 22.2 Å². The molecule has 124 valence electrons. The van der Waals surface area contributed by atoms with Crippen molar-refractivity contribution in [2.45, 2.75) is 31.8 Å². The SMILES string of the molecule is C=CCN1CC(=O)N2[C@@H](Cc3c([nH]c4ccccc34)C2(C)C)C1=O. The lowest BCUT2D eigenvalue weighted by molar-refractivity contribution is -0.163. The summed E-state index contributed by atoms with van der Waals surface area (Å²) in [6.07, 6.45) is 2.23. The van der Waals surface area contributed by atoms with Gasteiger partial charge >= 0.3 is 0 Å². The third-order valence-electron chi connectivity index (χ3n) is 5.28. The van der Waals surface area contributed by atoms with Gasteiger partial charge in [-0.05, 0) is 25.5 Å². The number of aromatic amines is 1. The summed E-state index contributed by atoms with van der Waals surface area (Å²) in [7, 11) is 0. The molecule has 3 heterocycles. The normalized spacial score (nSPS) is 22.5. The van der Waals surface area contributed by atoms with Crippen molar-refractivity contribution in [2.24, 2.45) is 0 Å². The van der Waals surface area contributed by atoms with Crippen LogP contribution in [0.25, 0.3) is 10.9 Å². The molecule has 0 saturated carbocycles. The zero-order chi connectivity index (χ0) is 17.1. The van der Waals surface area contributed by atoms with Crippen LogP contribution in [0.1, 0.15) is 25.1 Å². The maximum absolute atomic E-state index is 12.9. The van der Waals surface area contributed by atoms with E-state index in [1.807, 2.05) is 32.0 Å². The number of carbonyl (C=O) groups excluding carboxylic acids is 2. The van der Waals surface area contributed by atoms with Crippen molar-refractivity contribution in [1.82, 2.24) is 14.8 Å². The Balaban J connectivity index is 1.88. The van der Waals surface area contributed by atoms with Gasteiger partial charge in [0, 0.05) is 29.6 Å². The van der Waals surface area contributed by atoms with Gasteiger partial charge in [0.05, 0.1) is 5.54 Å². The Morgan fingerprint density at radius 2 is 2.08 bits per heavy atom. The number of aromatic nitrogens is 1. The molecular formula is C19H21N3O2. The highest BCUT2D eigenvalue weighted by Crippen LogP contribution is 2.42. The minimum Gasteiger partial charge on any atom is -0.356 e. The van der Waals surface area contributed by atoms with Crippen LogP contribution in [-0.2, 0) is 21.5 Å². The number of hydrogen-bond donors (Lipinski definition) is 1. The van der Waals surface area contributed by atoms with Crippen LogP contribution in [0.5, 0.6) is 0 Å². The maximum atomic E-state index is 12.9. The van der Waals surface area contributed by atoms with Crippen LogP contribution >= 0.6 is 0 Å². The van der Waals surface area contributed by atoms with E-state index in [-0.39, 0.29) is 18.4 Å². The van der Waals surface area contributed by atoms with E-state index >= 15 is 0 Å². The van der Waals surface area contributed by atoms with Crippen molar-refractivity contribution in [1.29, 1.82) is 0 Å². The van der Waals surface area contributed by atoms with Crippen molar-refractivity contribution >= 4 is 22.7 Å². The number of piperazine rings is 1.